The van der Waals surface area contributed by atoms with E-state index in [2.05, 4.69) is 4.72 Å². The zero-order chi connectivity index (χ0) is 19.2. The van der Waals surface area contributed by atoms with Crippen LogP contribution in [0, 0.1) is 5.92 Å². The maximum atomic E-state index is 12.3. The lowest BCUT2D eigenvalue weighted by Gasteiger charge is -2.30. The summed E-state index contributed by atoms with van der Waals surface area (Å²) in [6.45, 7) is 3.43. The first-order valence-electron chi connectivity index (χ1n) is 8.99. The zero-order valence-corrected chi connectivity index (χ0v) is 15.9. The number of sulfonamides is 1. The van der Waals surface area contributed by atoms with E-state index in [9.17, 15) is 18.0 Å². The van der Waals surface area contributed by atoms with Crippen LogP contribution >= 0.6 is 0 Å². The Kier molecular flexibility index (Phi) is 7.16. The highest BCUT2D eigenvalue weighted by Gasteiger charge is 2.25. The fourth-order valence-corrected chi connectivity index (χ4v) is 4.11. The summed E-state index contributed by atoms with van der Waals surface area (Å²) >= 11 is 0. The maximum Gasteiger partial charge on any atom is 0.240 e. The number of aryl methyl sites for hydroxylation is 1. The van der Waals surface area contributed by atoms with E-state index in [1.165, 1.54) is 0 Å². The van der Waals surface area contributed by atoms with Crippen molar-refractivity contribution in [2.45, 2.75) is 43.9 Å². The van der Waals surface area contributed by atoms with Crippen LogP contribution in [0.25, 0.3) is 0 Å². The SMILES string of the molecule is CCCNS(=O)(=O)c1ccc(CCC(=O)N2CCC(C(N)=O)CC2)cc1. The molecule has 1 fully saturated rings. The predicted molar refractivity (Wildman–Crippen MR) is 98.7 cm³/mol. The zero-order valence-electron chi connectivity index (χ0n) is 15.1. The highest BCUT2D eigenvalue weighted by atomic mass is 32.2. The second-order valence-electron chi connectivity index (χ2n) is 6.60. The van der Waals surface area contributed by atoms with E-state index in [-0.39, 0.29) is 22.6 Å². The Labute approximate surface area is 155 Å². The lowest BCUT2D eigenvalue weighted by atomic mass is 9.96. The first-order chi connectivity index (χ1) is 12.3. The summed E-state index contributed by atoms with van der Waals surface area (Å²) in [5.41, 5.74) is 6.22. The van der Waals surface area contributed by atoms with Crippen molar-refractivity contribution in [2.24, 2.45) is 11.7 Å². The molecule has 8 heteroatoms. The van der Waals surface area contributed by atoms with Crippen LogP contribution in [0.1, 0.15) is 38.2 Å². The quantitative estimate of drug-likeness (QED) is 0.701. The molecule has 2 amide bonds. The lowest BCUT2D eigenvalue weighted by molar-refractivity contribution is -0.134. The minimum absolute atomic E-state index is 0.0502. The van der Waals surface area contributed by atoms with Gasteiger partial charge in [0.15, 0.2) is 0 Å². The van der Waals surface area contributed by atoms with Crippen LogP contribution in [0.4, 0.5) is 0 Å². The van der Waals surface area contributed by atoms with E-state index < -0.39 is 10.0 Å². The van der Waals surface area contributed by atoms with E-state index in [4.69, 9.17) is 5.73 Å². The van der Waals surface area contributed by atoms with Crippen LogP contribution in [-0.2, 0) is 26.0 Å². The number of carbonyl (C=O) groups is 2. The van der Waals surface area contributed by atoms with Gasteiger partial charge in [-0.25, -0.2) is 13.1 Å². The van der Waals surface area contributed by atoms with Crippen LogP contribution in [-0.4, -0.2) is 44.8 Å². The third-order valence-corrected chi connectivity index (χ3v) is 6.13. The predicted octanol–water partition coefficient (Wildman–Crippen LogP) is 1.03. The number of amides is 2. The molecule has 7 nitrogen and oxygen atoms in total. The van der Waals surface area contributed by atoms with E-state index in [1.54, 1.807) is 29.2 Å². The molecule has 2 rings (SSSR count). The largest absolute Gasteiger partial charge is 0.369 e. The monoisotopic (exact) mass is 381 g/mol. The highest BCUT2D eigenvalue weighted by Crippen LogP contribution is 2.18. The van der Waals surface area contributed by atoms with Gasteiger partial charge in [0, 0.05) is 32.0 Å². The van der Waals surface area contributed by atoms with Crippen molar-refractivity contribution in [3.05, 3.63) is 29.8 Å². The fourth-order valence-electron chi connectivity index (χ4n) is 2.98. The molecule has 0 spiro atoms. The van der Waals surface area contributed by atoms with Gasteiger partial charge < -0.3 is 10.6 Å². The summed E-state index contributed by atoms with van der Waals surface area (Å²) in [4.78, 5) is 25.5. The molecule has 0 aromatic heterocycles. The topological polar surface area (TPSA) is 110 Å². The summed E-state index contributed by atoms with van der Waals surface area (Å²) in [6.07, 6.45) is 2.89. The molecule has 0 aliphatic carbocycles. The third kappa shape index (κ3) is 5.54. The summed E-state index contributed by atoms with van der Waals surface area (Å²) in [7, 11) is -3.46. The van der Waals surface area contributed by atoms with Crippen LogP contribution in [0.15, 0.2) is 29.2 Å². The van der Waals surface area contributed by atoms with Crippen molar-refractivity contribution in [3.8, 4) is 0 Å². The van der Waals surface area contributed by atoms with Crippen LogP contribution in [0.2, 0.25) is 0 Å². The molecule has 0 atom stereocenters. The van der Waals surface area contributed by atoms with Gasteiger partial charge in [-0.15, -0.1) is 0 Å². The number of nitrogens with zero attached hydrogens (tertiary/aromatic N) is 1. The summed E-state index contributed by atoms with van der Waals surface area (Å²) in [6, 6.07) is 6.62. The number of hydrogen-bond acceptors (Lipinski definition) is 4. The number of carbonyl (C=O) groups excluding carboxylic acids is 2. The molecule has 1 saturated heterocycles. The number of nitrogens with one attached hydrogen (secondary N) is 1. The molecule has 1 aromatic carbocycles. The molecule has 3 N–H and O–H groups in total. The van der Waals surface area contributed by atoms with Crippen molar-refractivity contribution < 1.29 is 18.0 Å². The van der Waals surface area contributed by atoms with Crippen molar-refractivity contribution in [2.75, 3.05) is 19.6 Å². The average molecular weight is 381 g/mol. The summed E-state index contributed by atoms with van der Waals surface area (Å²) in [5.74, 6) is -0.371. The summed E-state index contributed by atoms with van der Waals surface area (Å²) < 4.78 is 26.6. The average Bonchev–Trinajstić information content (AvgIpc) is 2.65. The maximum absolute atomic E-state index is 12.3. The number of nitrogens with two attached hydrogens (primary N) is 1. The second kappa shape index (κ2) is 9.14. The Bertz CT molecular complexity index is 723. The number of piperidine rings is 1. The Morgan fingerprint density at radius 2 is 1.81 bits per heavy atom. The van der Waals surface area contributed by atoms with E-state index >= 15 is 0 Å². The molecule has 0 unspecified atom stereocenters. The Morgan fingerprint density at radius 3 is 2.35 bits per heavy atom. The molecule has 1 aliphatic rings. The van der Waals surface area contributed by atoms with E-state index in [1.807, 2.05) is 6.92 Å². The molecule has 1 heterocycles. The Balaban J connectivity index is 1.84. The molecule has 26 heavy (non-hydrogen) atoms. The minimum atomic E-state index is -3.46. The van der Waals surface area contributed by atoms with Gasteiger partial charge in [0.1, 0.15) is 0 Å². The van der Waals surface area contributed by atoms with E-state index in [0.717, 1.165) is 12.0 Å². The Hall–Kier alpha value is -1.93. The van der Waals surface area contributed by atoms with Gasteiger partial charge in [-0.2, -0.15) is 0 Å². The molecule has 144 valence electrons. The normalized spacial score (nSPS) is 15.8. The third-order valence-electron chi connectivity index (χ3n) is 4.65. The number of rotatable bonds is 8. The molecule has 0 bridgehead atoms. The number of likely N-dealkylation sites (tertiary alicyclic amines) is 1. The highest BCUT2D eigenvalue weighted by molar-refractivity contribution is 7.89. The Morgan fingerprint density at radius 1 is 1.19 bits per heavy atom. The molecular formula is C18H27N3O4S. The minimum Gasteiger partial charge on any atom is -0.369 e. The van der Waals surface area contributed by atoms with Crippen LogP contribution in [0.5, 0.6) is 0 Å². The standard InChI is InChI=1S/C18H27N3O4S/c1-2-11-20-26(24,25)16-6-3-14(4-7-16)5-8-17(22)21-12-9-15(10-13-21)18(19)23/h3-4,6-7,15,20H,2,5,8-13H2,1H3,(H2,19,23). The molecule has 1 aromatic rings. The van der Waals surface area contributed by atoms with E-state index in [0.29, 0.717) is 45.3 Å². The van der Waals surface area contributed by atoms with Crippen molar-refractivity contribution in [3.63, 3.8) is 0 Å². The van der Waals surface area contributed by atoms with Gasteiger partial charge in [-0.3, -0.25) is 9.59 Å². The second-order valence-corrected chi connectivity index (χ2v) is 8.37. The van der Waals surface area contributed by atoms with Crippen molar-refractivity contribution >= 4 is 21.8 Å². The van der Waals surface area contributed by atoms with Gasteiger partial charge in [-0.05, 0) is 43.4 Å². The smallest absolute Gasteiger partial charge is 0.240 e. The van der Waals surface area contributed by atoms with Crippen molar-refractivity contribution in [1.29, 1.82) is 0 Å². The van der Waals surface area contributed by atoms with Gasteiger partial charge in [0.05, 0.1) is 4.90 Å². The number of hydrogen-bond donors (Lipinski definition) is 2. The van der Waals surface area contributed by atoms with Gasteiger partial charge in [0.2, 0.25) is 21.8 Å². The van der Waals surface area contributed by atoms with Gasteiger partial charge in [0.25, 0.3) is 0 Å². The fraction of sp³-hybridized carbons (Fsp3) is 0.556. The molecule has 0 radical (unpaired) electrons. The number of benzene rings is 1. The number of primary amides is 1. The summed E-state index contributed by atoms with van der Waals surface area (Å²) in [5, 5.41) is 0. The van der Waals surface area contributed by atoms with Crippen molar-refractivity contribution in [1.82, 2.24) is 9.62 Å². The lowest BCUT2D eigenvalue weighted by Crippen LogP contribution is -2.41. The van der Waals surface area contributed by atoms with Gasteiger partial charge >= 0.3 is 0 Å². The van der Waals surface area contributed by atoms with Gasteiger partial charge in [-0.1, -0.05) is 19.1 Å². The molecule has 1 aliphatic heterocycles. The molecular weight excluding hydrogens is 354 g/mol. The first kappa shape index (κ1) is 20.4. The van der Waals surface area contributed by atoms with Crippen LogP contribution in [0.3, 0.4) is 0 Å². The van der Waals surface area contributed by atoms with Crippen LogP contribution < -0.4 is 10.5 Å². The first-order valence-corrected chi connectivity index (χ1v) is 10.5. The molecule has 0 saturated carbocycles.